The lowest BCUT2D eigenvalue weighted by molar-refractivity contribution is -0.123. The van der Waals surface area contributed by atoms with Crippen LogP contribution in [0.2, 0.25) is 0 Å². The minimum atomic E-state index is 0.230. The molecular formula is C23H31N3O2. The third-order valence-electron chi connectivity index (χ3n) is 6.27. The molecule has 0 unspecified atom stereocenters. The molecule has 1 aromatic carbocycles. The summed E-state index contributed by atoms with van der Waals surface area (Å²) in [6.45, 7) is 1.93. The second-order valence-electron chi connectivity index (χ2n) is 8.37. The number of nitrogens with zero attached hydrogens (tertiary/aromatic N) is 1. The van der Waals surface area contributed by atoms with Crippen LogP contribution >= 0.6 is 0 Å². The quantitative estimate of drug-likeness (QED) is 0.795. The Hall–Kier alpha value is -2.14. The van der Waals surface area contributed by atoms with E-state index in [9.17, 15) is 4.79 Å². The number of carbonyl (C=O) groups is 1. The van der Waals surface area contributed by atoms with Crippen molar-refractivity contribution < 1.29 is 9.32 Å². The number of carbonyl (C=O) groups excluding carboxylic acids is 1. The van der Waals surface area contributed by atoms with E-state index in [1.807, 2.05) is 36.4 Å². The Bertz CT molecular complexity index is 752. The number of nitrogens with one attached hydrogen (secondary N) is 2. The first-order valence-corrected chi connectivity index (χ1v) is 10.8. The molecule has 2 atom stereocenters. The van der Waals surface area contributed by atoms with Gasteiger partial charge < -0.3 is 15.2 Å². The molecule has 1 aromatic heterocycles. The molecule has 1 saturated heterocycles. The lowest BCUT2D eigenvalue weighted by atomic mass is 9.81. The summed E-state index contributed by atoms with van der Waals surface area (Å²) >= 11 is 0. The largest absolute Gasteiger partial charge is 0.356 e. The number of benzene rings is 1. The summed E-state index contributed by atoms with van der Waals surface area (Å²) < 4.78 is 5.56. The predicted molar refractivity (Wildman–Crippen MR) is 110 cm³/mol. The SMILES string of the molecule is O=C(C[C@@H]1CCNC[C@@H]1Cc1cc(-c2ccccc2)on1)NC1CCCCC1. The fourth-order valence-electron chi connectivity index (χ4n) is 4.67. The Labute approximate surface area is 167 Å². The Balaban J connectivity index is 1.34. The number of rotatable bonds is 6. The van der Waals surface area contributed by atoms with Gasteiger partial charge in [0.1, 0.15) is 0 Å². The Kier molecular flexibility index (Phi) is 6.42. The summed E-state index contributed by atoms with van der Waals surface area (Å²) in [7, 11) is 0. The molecule has 4 rings (SSSR count). The molecule has 5 nitrogen and oxygen atoms in total. The average Bonchev–Trinajstić information content (AvgIpc) is 3.19. The highest BCUT2D eigenvalue weighted by Crippen LogP contribution is 2.28. The first kappa shape index (κ1) is 19.2. The van der Waals surface area contributed by atoms with E-state index >= 15 is 0 Å². The molecular weight excluding hydrogens is 350 g/mol. The van der Waals surface area contributed by atoms with Crippen LogP contribution in [0.25, 0.3) is 11.3 Å². The lowest BCUT2D eigenvalue weighted by Crippen LogP contribution is -2.42. The highest BCUT2D eigenvalue weighted by Gasteiger charge is 2.29. The average molecular weight is 382 g/mol. The van der Waals surface area contributed by atoms with E-state index in [1.54, 1.807) is 0 Å². The van der Waals surface area contributed by atoms with Crippen molar-refractivity contribution in [2.45, 2.75) is 57.4 Å². The van der Waals surface area contributed by atoms with Crippen molar-refractivity contribution in [2.75, 3.05) is 13.1 Å². The van der Waals surface area contributed by atoms with Crippen LogP contribution in [0.4, 0.5) is 0 Å². The van der Waals surface area contributed by atoms with Crippen LogP contribution in [0.5, 0.6) is 0 Å². The molecule has 1 saturated carbocycles. The molecule has 1 amide bonds. The maximum absolute atomic E-state index is 12.6. The third-order valence-corrected chi connectivity index (χ3v) is 6.27. The summed E-state index contributed by atoms with van der Waals surface area (Å²) in [6.07, 6.45) is 8.62. The van der Waals surface area contributed by atoms with E-state index in [2.05, 4.69) is 15.8 Å². The van der Waals surface area contributed by atoms with Gasteiger partial charge in [0, 0.05) is 24.1 Å². The van der Waals surface area contributed by atoms with Gasteiger partial charge in [0.2, 0.25) is 5.91 Å². The van der Waals surface area contributed by atoms with E-state index < -0.39 is 0 Å². The van der Waals surface area contributed by atoms with Crippen molar-refractivity contribution in [3.05, 3.63) is 42.1 Å². The van der Waals surface area contributed by atoms with Gasteiger partial charge in [-0.15, -0.1) is 0 Å². The van der Waals surface area contributed by atoms with Gasteiger partial charge in [0.15, 0.2) is 5.76 Å². The fraction of sp³-hybridized carbons (Fsp3) is 0.565. The van der Waals surface area contributed by atoms with Crippen molar-refractivity contribution in [3.8, 4) is 11.3 Å². The summed E-state index contributed by atoms with van der Waals surface area (Å²) in [4.78, 5) is 12.6. The van der Waals surface area contributed by atoms with Gasteiger partial charge in [-0.1, -0.05) is 54.8 Å². The molecule has 2 fully saturated rings. The number of aromatic nitrogens is 1. The maximum atomic E-state index is 12.6. The third kappa shape index (κ3) is 5.02. The second kappa shape index (κ2) is 9.37. The second-order valence-corrected chi connectivity index (χ2v) is 8.37. The van der Waals surface area contributed by atoms with Gasteiger partial charge >= 0.3 is 0 Å². The smallest absolute Gasteiger partial charge is 0.220 e. The zero-order valence-corrected chi connectivity index (χ0v) is 16.5. The highest BCUT2D eigenvalue weighted by atomic mass is 16.5. The molecule has 28 heavy (non-hydrogen) atoms. The molecule has 1 aliphatic carbocycles. The minimum absolute atomic E-state index is 0.230. The van der Waals surface area contributed by atoms with E-state index in [4.69, 9.17) is 4.52 Å². The van der Waals surface area contributed by atoms with Gasteiger partial charge in [-0.05, 0) is 50.6 Å². The van der Waals surface area contributed by atoms with Gasteiger partial charge in [0.25, 0.3) is 0 Å². The van der Waals surface area contributed by atoms with Crippen molar-refractivity contribution in [2.24, 2.45) is 11.8 Å². The molecule has 5 heteroatoms. The van der Waals surface area contributed by atoms with Crippen molar-refractivity contribution in [3.63, 3.8) is 0 Å². The topological polar surface area (TPSA) is 67.2 Å². The zero-order valence-electron chi connectivity index (χ0n) is 16.5. The zero-order chi connectivity index (χ0) is 19.2. The van der Waals surface area contributed by atoms with Crippen LogP contribution in [0.3, 0.4) is 0 Å². The fourth-order valence-corrected chi connectivity index (χ4v) is 4.67. The summed E-state index contributed by atoms with van der Waals surface area (Å²) in [5.74, 6) is 1.86. The van der Waals surface area contributed by atoms with E-state index in [0.717, 1.165) is 55.8 Å². The number of amides is 1. The molecule has 0 bridgehead atoms. The number of hydrogen-bond acceptors (Lipinski definition) is 4. The van der Waals surface area contributed by atoms with Crippen LogP contribution in [-0.4, -0.2) is 30.2 Å². The molecule has 0 spiro atoms. The van der Waals surface area contributed by atoms with E-state index in [-0.39, 0.29) is 5.91 Å². The number of piperidine rings is 1. The first-order chi connectivity index (χ1) is 13.8. The molecule has 2 aliphatic rings. The Morgan fingerprint density at radius 2 is 1.93 bits per heavy atom. The molecule has 2 N–H and O–H groups in total. The summed E-state index contributed by atoms with van der Waals surface area (Å²) in [6, 6.07) is 12.5. The highest BCUT2D eigenvalue weighted by molar-refractivity contribution is 5.76. The maximum Gasteiger partial charge on any atom is 0.220 e. The molecule has 150 valence electrons. The van der Waals surface area contributed by atoms with Crippen LogP contribution in [0.1, 0.15) is 50.6 Å². The van der Waals surface area contributed by atoms with Crippen LogP contribution < -0.4 is 10.6 Å². The molecule has 1 aliphatic heterocycles. The minimum Gasteiger partial charge on any atom is -0.356 e. The lowest BCUT2D eigenvalue weighted by Gasteiger charge is -2.32. The van der Waals surface area contributed by atoms with Crippen LogP contribution in [0, 0.1) is 11.8 Å². The van der Waals surface area contributed by atoms with Crippen molar-refractivity contribution in [1.29, 1.82) is 0 Å². The van der Waals surface area contributed by atoms with Crippen molar-refractivity contribution in [1.82, 2.24) is 15.8 Å². The van der Waals surface area contributed by atoms with E-state index in [1.165, 1.54) is 19.3 Å². The van der Waals surface area contributed by atoms with Crippen LogP contribution in [-0.2, 0) is 11.2 Å². The van der Waals surface area contributed by atoms with Gasteiger partial charge in [-0.25, -0.2) is 0 Å². The summed E-state index contributed by atoms with van der Waals surface area (Å²) in [5, 5.41) is 11.1. The van der Waals surface area contributed by atoms with Crippen LogP contribution in [0.15, 0.2) is 40.9 Å². The first-order valence-electron chi connectivity index (χ1n) is 10.8. The summed E-state index contributed by atoms with van der Waals surface area (Å²) in [5.41, 5.74) is 2.02. The van der Waals surface area contributed by atoms with E-state index in [0.29, 0.717) is 24.3 Å². The van der Waals surface area contributed by atoms with Gasteiger partial charge in [-0.2, -0.15) is 0 Å². The normalized spacial score (nSPS) is 23.4. The van der Waals surface area contributed by atoms with Gasteiger partial charge in [0.05, 0.1) is 5.69 Å². The molecule has 2 heterocycles. The molecule has 0 radical (unpaired) electrons. The van der Waals surface area contributed by atoms with Crippen molar-refractivity contribution >= 4 is 5.91 Å². The molecule has 2 aromatic rings. The van der Waals surface area contributed by atoms with Gasteiger partial charge in [-0.3, -0.25) is 4.79 Å². The standard InChI is InChI=1S/C23H31N3O2/c27-23(25-20-9-5-2-6-10-20)14-18-11-12-24-16-19(18)13-21-15-22(28-26-21)17-7-3-1-4-8-17/h1,3-4,7-8,15,18-20,24H,2,5-6,9-14,16H2,(H,25,27)/t18-,19-/m0/s1. The monoisotopic (exact) mass is 381 g/mol. The Morgan fingerprint density at radius 1 is 1.11 bits per heavy atom. The predicted octanol–water partition coefficient (Wildman–Crippen LogP) is 3.95. The number of hydrogen-bond donors (Lipinski definition) is 2. The Morgan fingerprint density at radius 3 is 2.75 bits per heavy atom.